The molecule has 0 spiro atoms. The van der Waals surface area contributed by atoms with Crippen molar-refractivity contribution in [3.05, 3.63) is 0 Å². The first-order valence-electron chi connectivity index (χ1n) is 16.6. The Kier molecular flexibility index (Phi) is 29.9. The molecule has 0 aromatic heterocycles. The van der Waals surface area contributed by atoms with Crippen molar-refractivity contribution in [2.24, 2.45) is 37.1 Å². The van der Waals surface area contributed by atoms with E-state index in [1.54, 1.807) is 38.0 Å². The number of Topliss-reactive ketones (excluding diaryl/α,β-unsaturated/α-hetero) is 1. The van der Waals surface area contributed by atoms with E-state index in [2.05, 4.69) is 84.1 Å². The summed E-state index contributed by atoms with van der Waals surface area (Å²) in [5.41, 5.74) is 1.32. The molecule has 0 heterocycles. The first-order chi connectivity index (χ1) is 20.4. The Bertz CT molecular complexity index is 943. The summed E-state index contributed by atoms with van der Waals surface area (Å²) in [6.07, 6.45) is 0.625. The first-order valence-corrected chi connectivity index (χ1v) is 16.6. The van der Waals surface area contributed by atoms with Gasteiger partial charge in [0.25, 0.3) is 0 Å². The lowest BCUT2D eigenvalue weighted by molar-refractivity contribution is -0.136. The number of ketones is 1. The molecule has 0 atom stereocenters. The largest absolute Gasteiger partial charge is 0.366 e. The third-order valence-electron chi connectivity index (χ3n) is 6.25. The first kappa shape index (κ1) is 57.9. The molecule has 0 radical (unpaired) electrons. The molecular weight excluding hydrogens is 600 g/mol. The van der Waals surface area contributed by atoms with Crippen LogP contribution in [0, 0.1) is 27.1 Å². The van der Waals surface area contributed by atoms with Crippen LogP contribution in [0.4, 0.5) is 0 Å². The molecule has 0 aromatic rings. The van der Waals surface area contributed by atoms with Gasteiger partial charge in [0.05, 0.1) is 6.54 Å². The summed E-state index contributed by atoms with van der Waals surface area (Å²) >= 11 is 0. The summed E-state index contributed by atoms with van der Waals surface area (Å²) in [6, 6.07) is 0. The number of hydrogen-bond donors (Lipinski definition) is 0. The van der Waals surface area contributed by atoms with Gasteiger partial charge in [-0.05, 0) is 31.8 Å². The van der Waals surface area contributed by atoms with Crippen molar-refractivity contribution < 1.29 is 14.4 Å². The Labute approximate surface area is 301 Å². The summed E-state index contributed by atoms with van der Waals surface area (Å²) < 4.78 is 0. The fourth-order valence-electron chi connectivity index (χ4n) is 3.35. The van der Waals surface area contributed by atoms with E-state index in [4.69, 9.17) is 0 Å². The third-order valence-corrected chi connectivity index (χ3v) is 6.25. The van der Waals surface area contributed by atoms with Crippen molar-refractivity contribution in [3.8, 4) is 0 Å². The lowest BCUT2D eigenvalue weighted by Gasteiger charge is -2.27. The zero-order chi connectivity index (χ0) is 39.5. The van der Waals surface area contributed by atoms with Crippen molar-refractivity contribution in [3.63, 3.8) is 0 Å². The molecule has 0 aliphatic rings. The number of amides is 2. The summed E-state index contributed by atoms with van der Waals surface area (Å²) in [7, 11) is 18.6. The SMILES string of the molecule is C.CN(C)C(=O)C(C)(C)C.CN(C)C(=O)CC(C)(C)C.CN(C)CC(=O)C(C)(C)C.CN=C(C)C(C)(C)C.CN=C(N(C)C)C(C)(C)C. The zero-order valence-electron chi connectivity index (χ0n) is 36.3. The van der Waals surface area contributed by atoms with Crippen LogP contribution in [0.3, 0.4) is 0 Å². The summed E-state index contributed by atoms with van der Waals surface area (Å²) in [5.74, 6) is 1.79. The third kappa shape index (κ3) is 36.5. The highest BCUT2D eigenvalue weighted by molar-refractivity contribution is 5.87. The molecule has 0 fully saturated rings. The molecule has 0 bridgehead atoms. The number of nitrogens with zero attached hydrogens (tertiary/aromatic N) is 6. The molecule has 0 aliphatic heterocycles. The molecule has 0 aromatic carbocycles. The highest BCUT2D eigenvalue weighted by Crippen LogP contribution is 2.19. The molecule has 9 heteroatoms. The fourth-order valence-corrected chi connectivity index (χ4v) is 3.35. The smallest absolute Gasteiger partial charge is 0.227 e. The van der Waals surface area contributed by atoms with Crippen LogP contribution in [0.25, 0.3) is 0 Å². The van der Waals surface area contributed by atoms with Gasteiger partial charge in [-0.1, -0.05) is 111 Å². The second kappa shape index (κ2) is 24.8. The Balaban J connectivity index is -0.000000115. The fraction of sp³-hybridized carbons (Fsp3) is 0.872. The van der Waals surface area contributed by atoms with Crippen molar-refractivity contribution >= 4 is 29.1 Å². The molecule has 290 valence electrons. The minimum absolute atomic E-state index is 0. The van der Waals surface area contributed by atoms with Crippen LogP contribution < -0.4 is 0 Å². The van der Waals surface area contributed by atoms with Crippen LogP contribution in [0.1, 0.15) is 125 Å². The van der Waals surface area contributed by atoms with E-state index in [9.17, 15) is 14.4 Å². The average Bonchev–Trinajstić information content (AvgIpc) is 2.80. The number of amidine groups is 1. The van der Waals surface area contributed by atoms with Gasteiger partial charge in [-0.25, -0.2) is 0 Å². The van der Waals surface area contributed by atoms with Crippen LogP contribution in [-0.2, 0) is 14.4 Å². The quantitative estimate of drug-likeness (QED) is 0.221. The van der Waals surface area contributed by atoms with Crippen molar-refractivity contribution in [2.45, 2.75) is 125 Å². The van der Waals surface area contributed by atoms with E-state index < -0.39 is 0 Å². The minimum Gasteiger partial charge on any atom is -0.366 e. The molecule has 0 saturated heterocycles. The maximum absolute atomic E-state index is 11.2. The van der Waals surface area contributed by atoms with E-state index in [1.165, 1.54) is 5.71 Å². The number of hydrogen-bond acceptors (Lipinski definition) is 6. The van der Waals surface area contributed by atoms with Crippen LogP contribution >= 0.6 is 0 Å². The molecule has 0 unspecified atom stereocenters. The van der Waals surface area contributed by atoms with Crippen molar-refractivity contribution in [1.29, 1.82) is 0 Å². The van der Waals surface area contributed by atoms with E-state index >= 15 is 0 Å². The van der Waals surface area contributed by atoms with Gasteiger partial charge in [0, 0.05) is 84.8 Å². The van der Waals surface area contributed by atoms with Crippen LogP contribution in [0.2, 0.25) is 0 Å². The molecule has 9 nitrogen and oxygen atoms in total. The van der Waals surface area contributed by atoms with Gasteiger partial charge >= 0.3 is 0 Å². The van der Waals surface area contributed by atoms with E-state index in [0.717, 1.165) is 5.84 Å². The number of rotatable bonds is 3. The van der Waals surface area contributed by atoms with Crippen LogP contribution in [0.5, 0.6) is 0 Å². The highest BCUT2D eigenvalue weighted by atomic mass is 16.2. The number of carbonyl (C=O) groups is 3. The van der Waals surface area contributed by atoms with Gasteiger partial charge in [0.2, 0.25) is 11.8 Å². The molecule has 0 rings (SSSR count). The summed E-state index contributed by atoms with van der Waals surface area (Å²) in [5, 5.41) is 0. The molecule has 0 saturated carbocycles. The Morgan fingerprint density at radius 2 is 0.896 bits per heavy atom. The molecule has 48 heavy (non-hydrogen) atoms. The van der Waals surface area contributed by atoms with Gasteiger partial charge in [0.15, 0.2) is 5.78 Å². The van der Waals surface area contributed by atoms with Crippen molar-refractivity contribution in [1.82, 2.24) is 19.6 Å². The van der Waals surface area contributed by atoms with E-state index in [1.807, 2.05) is 88.7 Å². The number of carbonyl (C=O) groups excluding carboxylic acids is 3. The molecule has 2 amide bonds. The predicted molar refractivity (Wildman–Crippen MR) is 216 cm³/mol. The number of aliphatic imine (C=N–C) groups is 2. The second-order valence-corrected chi connectivity index (χ2v) is 18.1. The second-order valence-electron chi connectivity index (χ2n) is 18.1. The molecule has 0 aliphatic carbocycles. The Morgan fingerprint density at radius 1 is 0.521 bits per heavy atom. The standard InChI is InChI=1S/C8H18N2.2C8H17NO.C7H15NO.C7H15N.CH4/c1-8(2,3)7(9-4)10(5)6;1-8(2,3)7(10)6-9(4)5;1-8(2,3)6-7(10)9(4)5;1-7(2,3)6(9)8(4)5;1-6(8-5)7(2,3)4;/h1-6H3;2*6H2,1-5H3;1-5H3;1-5H3;1H4. The predicted octanol–water partition coefficient (Wildman–Crippen LogP) is 8.18. The topological polar surface area (TPSA) is 88.9 Å². The minimum atomic E-state index is -0.233. The summed E-state index contributed by atoms with van der Waals surface area (Å²) in [6.45, 7) is 33.3. The normalized spacial score (nSPS) is 12.2. The van der Waals surface area contributed by atoms with Gasteiger partial charge in [-0.15, -0.1) is 0 Å². The Hall–Kier alpha value is -2.29. The molecular formula is C39H86N6O3. The lowest BCUT2D eigenvalue weighted by Crippen LogP contribution is -2.33. The van der Waals surface area contributed by atoms with E-state index in [-0.39, 0.29) is 52.1 Å². The molecule has 0 N–H and O–H groups in total. The van der Waals surface area contributed by atoms with E-state index in [0.29, 0.717) is 13.0 Å². The Morgan fingerprint density at radius 3 is 0.938 bits per heavy atom. The monoisotopic (exact) mass is 687 g/mol. The van der Waals surface area contributed by atoms with Gasteiger partial charge in [-0.3, -0.25) is 24.4 Å². The highest BCUT2D eigenvalue weighted by Gasteiger charge is 2.23. The van der Waals surface area contributed by atoms with Gasteiger partial charge in [-0.2, -0.15) is 0 Å². The van der Waals surface area contributed by atoms with Crippen molar-refractivity contribution in [2.75, 3.05) is 77.0 Å². The zero-order valence-corrected chi connectivity index (χ0v) is 36.3. The average molecular weight is 687 g/mol. The maximum Gasteiger partial charge on any atom is 0.227 e. The lowest BCUT2D eigenvalue weighted by atomic mass is 9.91. The van der Waals surface area contributed by atoms with Gasteiger partial charge in [0.1, 0.15) is 5.84 Å². The van der Waals surface area contributed by atoms with Crippen LogP contribution in [0.15, 0.2) is 9.98 Å². The van der Waals surface area contributed by atoms with Crippen LogP contribution in [-0.4, -0.2) is 126 Å². The summed E-state index contributed by atoms with van der Waals surface area (Å²) in [4.78, 5) is 48.9. The van der Waals surface area contributed by atoms with Gasteiger partial charge < -0.3 is 19.6 Å². The maximum atomic E-state index is 11.2. The number of likely N-dealkylation sites (N-methyl/N-ethyl adjacent to an activating group) is 1.